The summed E-state index contributed by atoms with van der Waals surface area (Å²) in [6, 6.07) is 5.65. The third-order valence-corrected chi connectivity index (χ3v) is 10.5. The molecule has 2 atom stereocenters. The van der Waals surface area contributed by atoms with Crippen LogP contribution in [0.25, 0.3) is 11.4 Å². The van der Waals surface area contributed by atoms with Gasteiger partial charge in [-0.1, -0.05) is 17.7 Å². The van der Waals surface area contributed by atoms with Gasteiger partial charge >= 0.3 is 6.18 Å². The van der Waals surface area contributed by atoms with Crippen molar-refractivity contribution in [2.75, 3.05) is 31.6 Å². The highest BCUT2D eigenvalue weighted by molar-refractivity contribution is 6.33. The van der Waals surface area contributed by atoms with Crippen LogP contribution in [0.4, 0.5) is 18.9 Å². The summed E-state index contributed by atoms with van der Waals surface area (Å²) in [5.41, 5.74) is 0.190. The Labute approximate surface area is 281 Å². The molecule has 1 aromatic carbocycles. The maximum Gasteiger partial charge on any atom is 0.416 e. The molecule has 4 aliphatic rings. The molecule has 1 spiro atoms. The van der Waals surface area contributed by atoms with Crippen molar-refractivity contribution in [3.63, 3.8) is 0 Å². The first-order chi connectivity index (χ1) is 23.5. The third kappa shape index (κ3) is 5.17. The highest BCUT2D eigenvalue weighted by Crippen LogP contribution is 2.67. The minimum Gasteiger partial charge on any atom is -0.505 e. The predicted octanol–water partition coefficient (Wildman–Crippen LogP) is 4.40. The Kier molecular flexibility index (Phi) is 7.33. The van der Waals surface area contributed by atoms with Gasteiger partial charge in [0, 0.05) is 41.9 Å². The van der Waals surface area contributed by atoms with Crippen molar-refractivity contribution >= 4 is 40.5 Å². The molecular formula is C33H29ClF3N7O5. The van der Waals surface area contributed by atoms with Crippen LogP contribution in [0.3, 0.4) is 0 Å². The lowest BCUT2D eigenvalue weighted by Gasteiger charge is -2.41. The summed E-state index contributed by atoms with van der Waals surface area (Å²) < 4.78 is 48.0. The van der Waals surface area contributed by atoms with Crippen molar-refractivity contribution in [3.05, 3.63) is 86.3 Å². The van der Waals surface area contributed by atoms with Crippen molar-refractivity contribution in [2.24, 2.45) is 5.92 Å². The van der Waals surface area contributed by atoms with E-state index in [-0.39, 0.29) is 51.9 Å². The second-order valence-corrected chi connectivity index (χ2v) is 13.3. The second kappa shape index (κ2) is 11.4. The topological polar surface area (TPSA) is 144 Å². The molecule has 0 unspecified atom stereocenters. The number of halogens is 4. The van der Waals surface area contributed by atoms with Crippen molar-refractivity contribution in [3.8, 4) is 5.75 Å². The van der Waals surface area contributed by atoms with E-state index < -0.39 is 29.0 Å². The molecule has 12 nitrogen and oxygen atoms in total. The summed E-state index contributed by atoms with van der Waals surface area (Å²) in [5, 5.41) is 17.2. The number of aromatic hydroxyl groups is 1. The largest absolute Gasteiger partial charge is 0.505 e. The number of nitrogens with one attached hydrogen (secondary N) is 1. The van der Waals surface area contributed by atoms with E-state index in [1.54, 1.807) is 9.47 Å². The zero-order valence-corrected chi connectivity index (χ0v) is 26.6. The number of carbonyl (C=O) groups is 2. The number of carbonyl (C=O) groups excluding carboxylic acids is 2. The number of benzene rings is 1. The molecule has 1 saturated heterocycles. The van der Waals surface area contributed by atoms with Gasteiger partial charge in [-0.2, -0.15) is 22.7 Å². The Morgan fingerprint density at radius 1 is 1.18 bits per heavy atom. The minimum atomic E-state index is -4.60. The Hall–Kier alpha value is -4.76. The lowest BCUT2D eigenvalue weighted by molar-refractivity contribution is -0.137. The predicted molar refractivity (Wildman–Crippen MR) is 169 cm³/mol. The molecule has 8 rings (SSSR count). The van der Waals surface area contributed by atoms with Gasteiger partial charge < -0.3 is 24.6 Å². The van der Waals surface area contributed by atoms with Gasteiger partial charge in [-0.05, 0) is 67.5 Å². The van der Waals surface area contributed by atoms with Crippen LogP contribution in [0.1, 0.15) is 64.7 Å². The molecule has 49 heavy (non-hydrogen) atoms. The quantitative estimate of drug-likeness (QED) is 0.313. The van der Waals surface area contributed by atoms with Crippen LogP contribution in [0.5, 0.6) is 5.75 Å². The molecule has 2 aliphatic heterocycles. The van der Waals surface area contributed by atoms with E-state index in [0.717, 1.165) is 30.2 Å². The van der Waals surface area contributed by atoms with Gasteiger partial charge in [0.1, 0.15) is 12.3 Å². The van der Waals surface area contributed by atoms with E-state index in [1.807, 2.05) is 6.08 Å². The first-order valence-corrected chi connectivity index (χ1v) is 16.2. The van der Waals surface area contributed by atoms with Crippen LogP contribution in [-0.4, -0.2) is 72.3 Å². The molecule has 0 radical (unpaired) electrons. The molecule has 16 heteroatoms. The minimum absolute atomic E-state index is 0.0136. The number of pyridine rings is 1. The average molecular weight is 696 g/mol. The highest BCUT2D eigenvalue weighted by atomic mass is 35.5. The molecule has 3 aromatic heterocycles. The van der Waals surface area contributed by atoms with Gasteiger partial charge in [-0.15, -0.1) is 5.10 Å². The molecule has 2 aliphatic carbocycles. The zero-order valence-electron chi connectivity index (χ0n) is 25.8. The summed E-state index contributed by atoms with van der Waals surface area (Å²) in [6.45, 7) is 1.21. The number of piperidine rings is 1. The van der Waals surface area contributed by atoms with Gasteiger partial charge in [0.05, 0.1) is 29.5 Å². The molecule has 0 bridgehead atoms. The number of likely N-dealkylation sites (tertiary alicyclic amines) is 1. The highest BCUT2D eigenvalue weighted by Gasteiger charge is 2.64. The Bertz CT molecular complexity index is 2140. The van der Waals surface area contributed by atoms with Crippen molar-refractivity contribution in [1.82, 2.24) is 29.0 Å². The summed E-state index contributed by atoms with van der Waals surface area (Å²) in [6.07, 6.45) is 0.996. The van der Waals surface area contributed by atoms with E-state index in [1.165, 1.54) is 22.8 Å². The van der Waals surface area contributed by atoms with Crippen LogP contribution in [0.15, 0.2) is 47.4 Å². The van der Waals surface area contributed by atoms with Crippen LogP contribution >= 0.6 is 11.6 Å². The van der Waals surface area contributed by atoms with Gasteiger partial charge in [0.15, 0.2) is 11.5 Å². The van der Waals surface area contributed by atoms with Crippen molar-refractivity contribution < 1.29 is 32.6 Å². The first-order valence-electron chi connectivity index (χ1n) is 15.9. The lowest BCUT2D eigenvalue weighted by atomic mass is 9.71. The molecule has 1 saturated carbocycles. The van der Waals surface area contributed by atoms with E-state index in [9.17, 15) is 32.7 Å². The number of nitrogens with zero attached hydrogens (tertiary/aromatic N) is 6. The Balaban J connectivity index is 1.17. The van der Waals surface area contributed by atoms with E-state index in [2.05, 4.69) is 15.4 Å². The zero-order chi connectivity index (χ0) is 34.2. The molecule has 5 heterocycles. The third-order valence-electron chi connectivity index (χ3n) is 10.2. The van der Waals surface area contributed by atoms with Gasteiger partial charge in [0.2, 0.25) is 11.7 Å². The Morgan fingerprint density at radius 2 is 1.98 bits per heavy atom. The molecular weight excluding hydrogens is 667 g/mol. The van der Waals surface area contributed by atoms with Crippen LogP contribution in [0, 0.1) is 5.92 Å². The average Bonchev–Trinajstić information content (AvgIpc) is 3.68. The molecule has 254 valence electrons. The van der Waals surface area contributed by atoms with E-state index in [0.29, 0.717) is 62.6 Å². The number of fused-ring (bicyclic) bond motifs is 6. The monoisotopic (exact) mass is 695 g/mol. The van der Waals surface area contributed by atoms with E-state index in [4.69, 9.17) is 21.3 Å². The van der Waals surface area contributed by atoms with Gasteiger partial charge in [-0.3, -0.25) is 14.4 Å². The molecule has 2 fully saturated rings. The fourth-order valence-corrected chi connectivity index (χ4v) is 8.04. The van der Waals surface area contributed by atoms with Crippen LogP contribution in [0.2, 0.25) is 5.02 Å². The van der Waals surface area contributed by atoms with Crippen molar-refractivity contribution in [1.29, 1.82) is 0 Å². The van der Waals surface area contributed by atoms with Crippen LogP contribution < -0.4 is 10.9 Å². The van der Waals surface area contributed by atoms with Crippen LogP contribution in [-0.2, 0) is 27.7 Å². The maximum absolute atomic E-state index is 14.4. The van der Waals surface area contributed by atoms with Crippen molar-refractivity contribution in [2.45, 2.75) is 49.7 Å². The number of rotatable bonds is 5. The summed E-state index contributed by atoms with van der Waals surface area (Å²) in [7, 11) is 0. The fourth-order valence-electron chi connectivity index (χ4n) is 7.81. The number of anilines is 1. The molecule has 4 aromatic rings. The second-order valence-electron chi connectivity index (χ2n) is 12.9. The van der Waals surface area contributed by atoms with Gasteiger partial charge in [0.25, 0.3) is 11.5 Å². The fraction of sp³-hybridized carbons (Fsp3) is 0.394. The standard InChI is InChI=1S/C33H29ClF3N7O5/c34-21-14-18(33(35,36)37)3-4-22(21)39-24(46)16-43-27-19-15-20(19)32(7-10-42(11-8-32)30(48)26-23(45)2-1-9-38-26)25(27)29(47)44-31(43)40-28(41-44)17-5-12-49-13-6-17/h1-5,9,14,19-20,45H,6-8,10-13,15-16H2,(H,39,46)/t19-,20+/m1/s1. The number of ether oxygens (including phenoxy) is 1. The number of aromatic nitrogens is 5. The van der Waals surface area contributed by atoms with Gasteiger partial charge in [-0.25, -0.2) is 4.98 Å². The normalized spacial score (nSPS) is 21.0. The lowest BCUT2D eigenvalue weighted by Crippen LogP contribution is -2.48. The first kappa shape index (κ1) is 31.5. The number of alkyl halides is 3. The SMILES string of the molecule is O=C(Cn1c2c(c(=O)n3nc(C4=CCOCC4)nc13)C1(CCN(C(=O)c3ncccc3O)CC1)[C@H]1C[C@@H]21)Nc1ccc(C(F)(F)F)cc1Cl. The summed E-state index contributed by atoms with van der Waals surface area (Å²) in [5.74, 6) is -0.557. The summed E-state index contributed by atoms with van der Waals surface area (Å²) >= 11 is 6.14. The maximum atomic E-state index is 14.4. The molecule has 2 amide bonds. The molecule has 2 N–H and O–H groups in total. The smallest absolute Gasteiger partial charge is 0.416 e. The number of amides is 2. The van der Waals surface area contributed by atoms with E-state index >= 15 is 0 Å². The number of hydrogen-bond donors (Lipinski definition) is 2. The number of hydrogen-bond acceptors (Lipinski definition) is 8. The Morgan fingerprint density at radius 3 is 2.67 bits per heavy atom. The summed E-state index contributed by atoms with van der Waals surface area (Å²) in [4.78, 5) is 51.7.